The van der Waals surface area contributed by atoms with Crippen LogP contribution in [0, 0.1) is 5.82 Å². The molecule has 2 aromatic heterocycles. The van der Waals surface area contributed by atoms with E-state index in [-0.39, 0.29) is 18.0 Å². The second-order valence-electron chi connectivity index (χ2n) is 7.90. The Labute approximate surface area is 211 Å². The third-order valence-electron chi connectivity index (χ3n) is 5.55. The number of aromatic nitrogens is 3. The fraction of sp³-hybridized carbons (Fsp3) is 0.0741. The highest BCUT2D eigenvalue weighted by Crippen LogP contribution is 2.28. The summed E-state index contributed by atoms with van der Waals surface area (Å²) in [5.41, 5.74) is 3.49. The fourth-order valence-electron chi connectivity index (χ4n) is 3.71. The van der Waals surface area contributed by atoms with Crippen molar-refractivity contribution in [1.82, 2.24) is 20.3 Å². The van der Waals surface area contributed by atoms with E-state index in [1.54, 1.807) is 53.3 Å². The molecule has 7 nitrogen and oxygen atoms in total. The number of carbonyl (C=O) groups excluding carboxylic acids is 1. The van der Waals surface area contributed by atoms with Gasteiger partial charge in [-0.2, -0.15) is 5.10 Å². The largest absolute Gasteiger partial charge is 0.494 e. The zero-order chi connectivity index (χ0) is 25.1. The van der Waals surface area contributed by atoms with Gasteiger partial charge in [-0.3, -0.25) is 4.79 Å². The number of halogens is 2. The molecule has 0 spiro atoms. The highest BCUT2D eigenvalue weighted by molar-refractivity contribution is 6.30. The summed E-state index contributed by atoms with van der Waals surface area (Å²) in [6.07, 6.45) is 1.80. The van der Waals surface area contributed by atoms with Gasteiger partial charge in [0.2, 0.25) is 0 Å². The van der Waals surface area contributed by atoms with E-state index in [0.29, 0.717) is 27.6 Å². The Bertz CT molecular complexity index is 1510. The predicted molar refractivity (Wildman–Crippen MR) is 134 cm³/mol. The van der Waals surface area contributed by atoms with Gasteiger partial charge in [-0.05, 0) is 54.6 Å². The minimum atomic E-state index is -0.503. The van der Waals surface area contributed by atoms with E-state index in [1.165, 1.54) is 13.2 Å². The summed E-state index contributed by atoms with van der Waals surface area (Å²) in [4.78, 5) is 12.8. The normalized spacial score (nSPS) is 10.9. The van der Waals surface area contributed by atoms with Crippen molar-refractivity contribution in [2.75, 3.05) is 7.11 Å². The minimum absolute atomic E-state index is 0.132. The van der Waals surface area contributed by atoms with Gasteiger partial charge in [0, 0.05) is 40.5 Å². The lowest BCUT2D eigenvalue weighted by Crippen LogP contribution is -2.23. The smallest absolute Gasteiger partial charge is 0.273 e. The van der Waals surface area contributed by atoms with E-state index >= 15 is 0 Å². The van der Waals surface area contributed by atoms with Crippen LogP contribution in [-0.2, 0) is 6.54 Å². The third-order valence-corrected chi connectivity index (χ3v) is 5.80. The number of methoxy groups -OCH3 is 1. The lowest BCUT2D eigenvalue weighted by Gasteiger charge is -2.06. The second-order valence-corrected chi connectivity index (χ2v) is 8.33. The second kappa shape index (κ2) is 10.1. The van der Waals surface area contributed by atoms with Crippen LogP contribution in [0.1, 0.15) is 16.1 Å². The van der Waals surface area contributed by atoms with Crippen LogP contribution < -0.4 is 10.1 Å². The molecule has 0 saturated carbocycles. The molecule has 3 aromatic carbocycles. The molecule has 0 aliphatic heterocycles. The van der Waals surface area contributed by atoms with Gasteiger partial charge in [0.15, 0.2) is 23.0 Å². The van der Waals surface area contributed by atoms with Gasteiger partial charge in [-0.25, -0.2) is 9.07 Å². The number of amides is 1. The molecule has 0 unspecified atom stereocenters. The van der Waals surface area contributed by atoms with Crippen molar-refractivity contribution in [3.63, 3.8) is 0 Å². The molecule has 0 radical (unpaired) electrons. The number of hydrogen-bond donors (Lipinski definition) is 1. The standard InChI is InChI=1S/C27H20ClFN4O3/c1-35-24-12-9-18(13-22(24)29)26-19(16-33(31-26)21-5-3-2-4-6-21)15-30-27(34)23-14-25(36-32-23)17-7-10-20(28)11-8-17/h2-14,16H,15H2,1H3,(H,30,34). The van der Waals surface area contributed by atoms with Crippen molar-refractivity contribution in [3.8, 4) is 34.0 Å². The lowest BCUT2D eigenvalue weighted by atomic mass is 10.1. The summed E-state index contributed by atoms with van der Waals surface area (Å²) in [7, 11) is 1.41. The van der Waals surface area contributed by atoms with Crippen LogP contribution in [0.25, 0.3) is 28.3 Å². The molecule has 0 bridgehead atoms. The van der Waals surface area contributed by atoms with E-state index in [1.807, 2.05) is 30.3 Å². The monoisotopic (exact) mass is 502 g/mol. The molecule has 0 aliphatic rings. The number of ether oxygens (including phenoxy) is 1. The Morgan fingerprint density at radius 2 is 1.81 bits per heavy atom. The SMILES string of the molecule is COc1ccc(-c2nn(-c3ccccc3)cc2CNC(=O)c2cc(-c3ccc(Cl)cc3)on2)cc1F. The van der Waals surface area contributed by atoms with Crippen molar-refractivity contribution in [3.05, 3.63) is 107 Å². The van der Waals surface area contributed by atoms with E-state index in [9.17, 15) is 9.18 Å². The molecule has 0 saturated heterocycles. The average Bonchev–Trinajstić information content (AvgIpc) is 3.56. The number of benzene rings is 3. The molecule has 0 fully saturated rings. The van der Waals surface area contributed by atoms with Crippen molar-refractivity contribution in [2.24, 2.45) is 0 Å². The molecular weight excluding hydrogens is 483 g/mol. The van der Waals surface area contributed by atoms with Gasteiger partial charge in [0.1, 0.15) is 0 Å². The molecule has 0 aliphatic carbocycles. The first-order valence-corrected chi connectivity index (χ1v) is 11.4. The van der Waals surface area contributed by atoms with Gasteiger partial charge in [0.05, 0.1) is 18.5 Å². The topological polar surface area (TPSA) is 82.2 Å². The number of nitrogens with one attached hydrogen (secondary N) is 1. The lowest BCUT2D eigenvalue weighted by molar-refractivity contribution is 0.0942. The Morgan fingerprint density at radius 1 is 1.06 bits per heavy atom. The van der Waals surface area contributed by atoms with Gasteiger partial charge in [0.25, 0.3) is 5.91 Å². The Morgan fingerprint density at radius 3 is 2.53 bits per heavy atom. The van der Waals surface area contributed by atoms with E-state index in [4.69, 9.17) is 20.9 Å². The first-order valence-electron chi connectivity index (χ1n) is 11.0. The zero-order valence-electron chi connectivity index (χ0n) is 19.1. The summed E-state index contributed by atoms with van der Waals surface area (Å²) in [5, 5.41) is 12.0. The number of rotatable bonds is 7. The molecule has 1 amide bonds. The maximum Gasteiger partial charge on any atom is 0.273 e. The fourth-order valence-corrected chi connectivity index (χ4v) is 3.83. The Kier molecular flexibility index (Phi) is 6.51. The van der Waals surface area contributed by atoms with Gasteiger partial charge >= 0.3 is 0 Å². The van der Waals surface area contributed by atoms with Crippen LogP contribution in [-0.4, -0.2) is 28.0 Å². The highest BCUT2D eigenvalue weighted by atomic mass is 35.5. The Hall–Kier alpha value is -4.43. The van der Waals surface area contributed by atoms with Crippen LogP contribution >= 0.6 is 11.6 Å². The highest BCUT2D eigenvalue weighted by Gasteiger charge is 2.18. The molecule has 36 heavy (non-hydrogen) atoms. The Balaban J connectivity index is 1.40. The van der Waals surface area contributed by atoms with Crippen molar-refractivity contribution in [1.29, 1.82) is 0 Å². The van der Waals surface area contributed by atoms with Crippen molar-refractivity contribution >= 4 is 17.5 Å². The van der Waals surface area contributed by atoms with E-state index in [0.717, 1.165) is 11.3 Å². The van der Waals surface area contributed by atoms with Crippen LogP contribution in [0.15, 0.2) is 89.6 Å². The number of carbonyl (C=O) groups is 1. The molecule has 180 valence electrons. The first-order chi connectivity index (χ1) is 17.5. The first kappa shape index (κ1) is 23.3. The van der Waals surface area contributed by atoms with Gasteiger partial charge < -0.3 is 14.6 Å². The van der Waals surface area contributed by atoms with Crippen LogP contribution in [0.4, 0.5) is 4.39 Å². The van der Waals surface area contributed by atoms with Crippen molar-refractivity contribution < 1.29 is 18.4 Å². The van der Waals surface area contributed by atoms with Crippen LogP contribution in [0.2, 0.25) is 5.02 Å². The molecule has 1 N–H and O–H groups in total. The molecule has 5 rings (SSSR count). The summed E-state index contributed by atoms with van der Waals surface area (Å²) in [5.74, 6) is -0.336. The average molecular weight is 503 g/mol. The summed E-state index contributed by atoms with van der Waals surface area (Å²) >= 11 is 5.93. The van der Waals surface area contributed by atoms with E-state index < -0.39 is 11.7 Å². The third kappa shape index (κ3) is 4.85. The van der Waals surface area contributed by atoms with Crippen molar-refractivity contribution in [2.45, 2.75) is 6.54 Å². The summed E-state index contributed by atoms with van der Waals surface area (Å²) in [6, 6.07) is 22.7. The van der Waals surface area contributed by atoms with Gasteiger partial charge in [-0.1, -0.05) is 35.0 Å². The molecule has 0 atom stereocenters. The molecule has 5 aromatic rings. The van der Waals surface area contributed by atoms with Crippen LogP contribution in [0.5, 0.6) is 5.75 Å². The maximum absolute atomic E-state index is 14.4. The summed E-state index contributed by atoms with van der Waals surface area (Å²) in [6.45, 7) is 0.137. The quantitative estimate of drug-likeness (QED) is 0.298. The van der Waals surface area contributed by atoms with Gasteiger partial charge in [-0.15, -0.1) is 0 Å². The zero-order valence-corrected chi connectivity index (χ0v) is 19.9. The molecule has 2 heterocycles. The predicted octanol–water partition coefficient (Wildman–Crippen LogP) is 5.93. The van der Waals surface area contributed by atoms with E-state index in [2.05, 4.69) is 15.6 Å². The number of nitrogens with zero attached hydrogens (tertiary/aromatic N) is 3. The maximum atomic E-state index is 14.4. The molecular formula is C27H20ClFN4O3. The number of para-hydroxylation sites is 1. The van der Waals surface area contributed by atoms with Crippen LogP contribution in [0.3, 0.4) is 0 Å². The minimum Gasteiger partial charge on any atom is -0.494 e. The summed E-state index contributed by atoms with van der Waals surface area (Å²) < 4.78 is 26.5. The number of hydrogen-bond acceptors (Lipinski definition) is 5. The molecule has 9 heteroatoms.